The van der Waals surface area contributed by atoms with Gasteiger partial charge in [0, 0.05) is 39.3 Å². The van der Waals surface area contributed by atoms with Crippen LogP contribution in [0.25, 0.3) is 44.2 Å². The predicted molar refractivity (Wildman–Crippen MR) is 220 cm³/mol. The molecule has 0 spiro atoms. The molecule has 1 heterocycles. The molecule has 0 aliphatic heterocycles. The Bertz CT molecular complexity index is 2760. The van der Waals surface area contributed by atoms with E-state index in [1.807, 2.05) is 12.1 Å². The Labute approximate surface area is 310 Å². The van der Waals surface area contributed by atoms with Crippen LogP contribution in [-0.2, 0) is 5.41 Å². The molecule has 8 aromatic rings. The molecule has 7 aromatic carbocycles. The van der Waals surface area contributed by atoms with Crippen LogP contribution in [-0.4, -0.2) is 0 Å². The second-order valence-corrected chi connectivity index (χ2v) is 13.8. The molecule has 0 fully saturated rings. The van der Waals surface area contributed by atoms with Gasteiger partial charge in [-0.25, -0.2) is 0 Å². The lowest BCUT2D eigenvalue weighted by atomic mass is 9.72. The first-order valence-corrected chi connectivity index (χ1v) is 18.3. The third-order valence-corrected chi connectivity index (χ3v) is 10.8. The number of hydrogen-bond donors (Lipinski definition) is 0. The number of furan rings is 1. The van der Waals surface area contributed by atoms with Crippen LogP contribution in [0, 0.1) is 17.8 Å². The van der Waals surface area contributed by atoms with Crippen molar-refractivity contribution in [1.82, 2.24) is 0 Å². The van der Waals surface area contributed by atoms with E-state index in [-0.39, 0.29) is 5.92 Å². The third kappa shape index (κ3) is 5.13. The quantitative estimate of drug-likeness (QED) is 0.169. The molecule has 2 heteroatoms. The van der Waals surface area contributed by atoms with Crippen molar-refractivity contribution in [2.24, 2.45) is 5.92 Å². The summed E-state index contributed by atoms with van der Waals surface area (Å²) in [5.74, 6) is 7.83. The van der Waals surface area contributed by atoms with Gasteiger partial charge in [-0.1, -0.05) is 164 Å². The number of rotatable bonds is 5. The smallest absolute Gasteiger partial charge is 0.143 e. The average molecular weight is 678 g/mol. The van der Waals surface area contributed by atoms with Crippen molar-refractivity contribution >= 4 is 39.0 Å². The minimum Gasteiger partial charge on any atom is -0.455 e. The maximum Gasteiger partial charge on any atom is 0.143 e. The van der Waals surface area contributed by atoms with Crippen LogP contribution >= 0.6 is 0 Å². The largest absolute Gasteiger partial charge is 0.455 e. The Morgan fingerprint density at radius 2 is 1.23 bits per heavy atom. The molecule has 1 aromatic heterocycles. The molecule has 0 saturated carbocycles. The summed E-state index contributed by atoms with van der Waals surface area (Å²) in [6.45, 7) is 0. The van der Waals surface area contributed by atoms with Gasteiger partial charge in [-0.3, -0.25) is 0 Å². The Balaban J connectivity index is 1.13. The van der Waals surface area contributed by atoms with E-state index >= 15 is 0 Å². The Morgan fingerprint density at radius 1 is 0.547 bits per heavy atom. The molecule has 0 amide bonds. The summed E-state index contributed by atoms with van der Waals surface area (Å²) in [7, 11) is 0. The standard InChI is InChI=1S/C51H35NO/c1-4-15-36(16-5-1)33-34-51(38-17-6-2-7-18-38)47-25-12-10-21-43(47)44-32-31-41(35-48(44)51)52(39-19-8-3-9-20-39)40-29-27-37(28-30-40)42-23-14-24-46-45-22-11-13-26-49(45)53-50(42)46/h1-15,17-32,35-36H,16H2. The fourth-order valence-electron chi connectivity index (χ4n) is 8.29. The highest BCUT2D eigenvalue weighted by atomic mass is 16.3. The molecule has 0 saturated heterocycles. The number of para-hydroxylation sites is 3. The summed E-state index contributed by atoms with van der Waals surface area (Å²) in [5.41, 5.74) is 12.7. The first-order valence-electron chi connectivity index (χ1n) is 18.3. The Kier molecular flexibility index (Phi) is 7.45. The summed E-state index contributed by atoms with van der Waals surface area (Å²) < 4.78 is 6.41. The number of anilines is 3. The van der Waals surface area contributed by atoms with Gasteiger partial charge in [-0.05, 0) is 82.3 Å². The maximum atomic E-state index is 6.41. The van der Waals surface area contributed by atoms with Gasteiger partial charge in [0.1, 0.15) is 16.6 Å². The van der Waals surface area contributed by atoms with Crippen LogP contribution < -0.4 is 4.90 Å². The molecule has 10 rings (SSSR count). The van der Waals surface area contributed by atoms with E-state index in [2.05, 4.69) is 199 Å². The summed E-state index contributed by atoms with van der Waals surface area (Å²) in [6, 6.07) is 60.8. The molecule has 2 aliphatic rings. The summed E-state index contributed by atoms with van der Waals surface area (Å²) in [6.07, 6.45) is 9.59. The molecular weight excluding hydrogens is 643 g/mol. The molecule has 2 atom stereocenters. The van der Waals surface area contributed by atoms with Gasteiger partial charge < -0.3 is 9.32 Å². The number of benzene rings is 7. The lowest BCUT2D eigenvalue weighted by Gasteiger charge is -2.30. The Hall–Kier alpha value is -6.82. The van der Waals surface area contributed by atoms with Crippen molar-refractivity contribution in [3.63, 3.8) is 0 Å². The SMILES string of the molecule is C(#CC1(c2ccccc2)c2ccccc2-c2ccc(N(c3ccccc3)c3ccc(-c4cccc5c4oc4ccccc45)cc3)cc21)C1C=CC=CC1. The summed E-state index contributed by atoms with van der Waals surface area (Å²) in [4.78, 5) is 2.35. The fraction of sp³-hybridized carbons (Fsp3) is 0.0588. The number of fused-ring (bicyclic) bond motifs is 6. The molecule has 2 unspecified atom stereocenters. The molecule has 0 N–H and O–H groups in total. The Morgan fingerprint density at radius 3 is 2.06 bits per heavy atom. The number of allylic oxidation sites excluding steroid dienone is 4. The molecule has 250 valence electrons. The number of hydrogen-bond acceptors (Lipinski definition) is 2. The highest BCUT2D eigenvalue weighted by Crippen LogP contribution is 2.54. The minimum absolute atomic E-state index is 0.171. The van der Waals surface area contributed by atoms with Crippen LogP contribution in [0.4, 0.5) is 17.1 Å². The van der Waals surface area contributed by atoms with Crippen LogP contribution in [0.1, 0.15) is 23.1 Å². The van der Waals surface area contributed by atoms with Gasteiger partial charge in [0.15, 0.2) is 0 Å². The van der Waals surface area contributed by atoms with Crippen LogP contribution in [0.15, 0.2) is 199 Å². The zero-order valence-corrected chi connectivity index (χ0v) is 29.1. The first-order chi connectivity index (χ1) is 26.3. The lowest BCUT2D eigenvalue weighted by Crippen LogP contribution is -2.25. The van der Waals surface area contributed by atoms with E-state index < -0.39 is 5.41 Å². The topological polar surface area (TPSA) is 16.4 Å². The van der Waals surface area contributed by atoms with E-state index in [1.54, 1.807) is 0 Å². The van der Waals surface area contributed by atoms with Gasteiger partial charge in [0.2, 0.25) is 0 Å². The number of nitrogens with zero attached hydrogens (tertiary/aromatic N) is 1. The van der Waals surface area contributed by atoms with E-state index in [1.165, 1.54) is 27.8 Å². The van der Waals surface area contributed by atoms with Gasteiger partial charge in [0.05, 0.1) is 0 Å². The van der Waals surface area contributed by atoms with Gasteiger partial charge in [-0.15, -0.1) is 0 Å². The van der Waals surface area contributed by atoms with Crippen LogP contribution in [0.2, 0.25) is 0 Å². The van der Waals surface area contributed by atoms with Crippen LogP contribution in [0.5, 0.6) is 0 Å². The molecular formula is C51H35NO. The zero-order valence-electron chi connectivity index (χ0n) is 29.1. The maximum absolute atomic E-state index is 6.41. The van der Waals surface area contributed by atoms with Crippen molar-refractivity contribution in [3.8, 4) is 34.1 Å². The van der Waals surface area contributed by atoms with Gasteiger partial charge in [-0.2, -0.15) is 0 Å². The monoisotopic (exact) mass is 677 g/mol. The second-order valence-electron chi connectivity index (χ2n) is 13.8. The van der Waals surface area contributed by atoms with Gasteiger partial charge >= 0.3 is 0 Å². The van der Waals surface area contributed by atoms with Crippen molar-refractivity contribution in [1.29, 1.82) is 0 Å². The summed E-state index contributed by atoms with van der Waals surface area (Å²) in [5, 5.41) is 2.27. The molecule has 0 radical (unpaired) electrons. The minimum atomic E-state index is -0.629. The van der Waals surface area contributed by atoms with Crippen molar-refractivity contribution in [2.75, 3.05) is 4.90 Å². The lowest BCUT2D eigenvalue weighted by molar-refractivity contribution is 0.670. The molecule has 2 aliphatic carbocycles. The first kappa shape index (κ1) is 31.0. The zero-order chi connectivity index (χ0) is 35.2. The van der Waals surface area contributed by atoms with Crippen molar-refractivity contribution in [2.45, 2.75) is 11.8 Å². The normalized spacial score (nSPS) is 16.9. The third-order valence-electron chi connectivity index (χ3n) is 10.8. The van der Waals surface area contributed by atoms with Crippen LogP contribution in [0.3, 0.4) is 0 Å². The van der Waals surface area contributed by atoms with E-state index in [0.29, 0.717) is 0 Å². The van der Waals surface area contributed by atoms with Crippen molar-refractivity contribution in [3.05, 3.63) is 211 Å². The summed E-state index contributed by atoms with van der Waals surface area (Å²) >= 11 is 0. The molecule has 2 nitrogen and oxygen atoms in total. The molecule has 0 bridgehead atoms. The van der Waals surface area contributed by atoms with Crippen molar-refractivity contribution < 1.29 is 4.42 Å². The van der Waals surface area contributed by atoms with E-state index in [9.17, 15) is 0 Å². The average Bonchev–Trinajstić information content (AvgIpc) is 3.75. The fourth-order valence-corrected chi connectivity index (χ4v) is 8.29. The predicted octanol–water partition coefficient (Wildman–Crippen LogP) is 13.2. The van der Waals surface area contributed by atoms with E-state index in [4.69, 9.17) is 4.42 Å². The highest BCUT2D eigenvalue weighted by Gasteiger charge is 2.44. The second kappa shape index (κ2) is 12.7. The highest BCUT2D eigenvalue weighted by molar-refractivity contribution is 6.09. The molecule has 53 heavy (non-hydrogen) atoms. The van der Waals surface area contributed by atoms with Gasteiger partial charge in [0.25, 0.3) is 0 Å². The van der Waals surface area contributed by atoms with E-state index in [0.717, 1.165) is 56.5 Å².